The van der Waals surface area contributed by atoms with E-state index in [-0.39, 0.29) is 11.9 Å². The van der Waals surface area contributed by atoms with Gasteiger partial charge in [-0.2, -0.15) is 0 Å². The normalized spacial score (nSPS) is 8.70. The first-order valence-corrected chi connectivity index (χ1v) is 6.85. The van der Waals surface area contributed by atoms with Gasteiger partial charge in [0.25, 0.3) is 0 Å². The molecule has 0 aliphatic carbocycles. The summed E-state index contributed by atoms with van der Waals surface area (Å²) in [6.07, 6.45) is 5.01. The Balaban J connectivity index is 3.37. The molecule has 0 atom stereocenters. The summed E-state index contributed by atoms with van der Waals surface area (Å²) in [5.41, 5.74) is 0. The van der Waals surface area contributed by atoms with Crippen molar-refractivity contribution in [2.45, 2.75) is 52.4 Å². The molecule has 0 saturated carbocycles. The molecule has 0 rings (SSSR count). The molecule has 4 heteroatoms. The lowest BCUT2D eigenvalue weighted by Gasteiger charge is -1.98. The number of ether oxygens (including phenoxy) is 2. The highest BCUT2D eigenvalue weighted by Gasteiger charge is 1.92. The van der Waals surface area contributed by atoms with E-state index in [2.05, 4.69) is 23.7 Å². The Morgan fingerprint density at radius 1 is 0.750 bits per heavy atom. The maximum absolute atomic E-state index is 10.5. The number of carbonyl (C=O) groups is 2. The second-order valence-electron chi connectivity index (χ2n) is 4.20. The molecular weight excluding hydrogens is 256 g/mol. The van der Waals surface area contributed by atoms with E-state index in [1.807, 2.05) is 0 Å². The molecule has 0 bridgehead atoms. The Morgan fingerprint density at radius 3 is 1.50 bits per heavy atom. The molecule has 0 unspecified atom stereocenters. The van der Waals surface area contributed by atoms with Crippen molar-refractivity contribution in [3.63, 3.8) is 0 Å². The van der Waals surface area contributed by atoms with Crippen molar-refractivity contribution < 1.29 is 19.1 Å². The highest BCUT2D eigenvalue weighted by atomic mass is 16.5. The van der Waals surface area contributed by atoms with Crippen LogP contribution in [0, 0.1) is 23.7 Å². The third-order valence-electron chi connectivity index (χ3n) is 2.24. The number of hydrogen-bond acceptors (Lipinski definition) is 4. The van der Waals surface area contributed by atoms with E-state index in [0.717, 1.165) is 38.5 Å². The maximum Gasteiger partial charge on any atom is 0.302 e. The summed E-state index contributed by atoms with van der Waals surface area (Å²) in [6.45, 7) is 3.74. The van der Waals surface area contributed by atoms with Crippen LogP contribution in [0.2, 0.25) is 0 Å². The lowest BCUT2D eigenvalue weighted by atomic mass is 10.2. The van der Waals surface area contributed by atoms with Gasteiger partial charge in [0.1, 0.15) is 0 Å². The van der Waals surface area contributed by atoms with Crippen LogP contribution in [-0.2, 0) is 19.1 Å². The quantitative estimate of drug-likeness (QED) is 0.389. The van der Waals surface area contributed by atoms with Gasteiger partial charge in [-0.3, -0.25) is 9.59 Å². The van der Waals surface area contributed by atoms with Crippen molar-refractivity contribution >= 4 is 11.9 Å². The highest BCUT2D eigenvalue weighted by Crippen LogP contribution is 1.95. The average molecular weight is 278 g/mol. The molecule has 0 heterocycles. The molecule has 0 N–H and O–H groups in total. The van der Waals surface area contributed by atoms with Crippen molar-refractivity contribution in [3.05, 3.63) is 0 Å². The minimum Gasteiger partial charge on any atom is -0.466 e. The van der Waals surface area contributed by atoms with Crippen LogP contribution in [0.15, 0.2) is 0 Å². The van der Waals surface area contributed by atoms with Crippen LogP contribution in [0.25, 0.3) is 0 Å². The summed E-state index contributed by atoms with van der Waals surface area (Å²) in [7, 11) is 0. The van der Waals surface area contributed by atoms with Gasteiger partial charge < -0.3 is 9.47 Å². The fraction of sp³-hybridized carbons (Fsp3) is 0.625. The van der Waals surface area contributed by atoms with E-state index >= 15 is 0 Å². The zero-order valence-electron chi connectivity index (χ0n) is 12.3. The molecule has 0 amide bonds. The topological polar surface area (TPSA) is 52.6 Å². The summed E-state index contributed by atoms with van der Waals surface area (Å²) in [5.74, 6) is 11.0. The van der Waals surface area contributed by atoms with Gasteiger partial charge in [0.2, 0.25) is 0 Å². The first-order chi connectivity index (χ1) is 9.63. The molecule has 0 spiro atoms. The summed E-state index contributed by atoms with van der Waals surface area (Å²) in [6, 6.07) is 0. The van der Waals surface area contributed by atoms with E-state index < -0.39 is 0 Å². The monoisotopic (exact) mass is 278 g/mol. The Bertz CT molecular complexity index is 364. The molecule has 0 aromatic heterocycles. The smallest absolute Gasteiger partial charge is 0.302 e. The SMILES string of the molecule is CC(=O)OCCCCC#CC#CCCCCOC(C)=O. The van der Waals surface area contributed by atoms with Gasteiger partial charge >= 0.3 is 11.9 Å². The molecule has 0 aromatic rings. The van der Waals surface area contributed by atoms with E-state index in [9.17, 15) is 9.59 Å². The summed E-state index contributed by atoms with van der Waals surface area (Å²) in [5, 5.41) is 0. The van der Waals surface area contributed by atoms with Crippen molar-refractivity contribution in [2.24, 2.45) is 0 Å². The fourth-order valence-corrected chi connectivity index (χ4v) is 1.28. The largest absolute Gasteiger partial charge is 0.466 e. The van der Waals surface area contributed by atoms with Gasteiger partial charge in [0, 0.05) is 26.7 Å². The van der Waals surface area contributed by atoms with E-state index in [1.165, 1.54) is 13.8 Å². The third-order valence-corrected chi connectivity index (χ3v) is 2.24. The standard InChI is InChI=1S/C16H22O4/c1-15(17)19-13-11-9-7-5-3-4-6-8-10-12-14-20-16(2)18/h7-14H2,1-2H3. The Morgan fingerprint density at radius 2 is 1.15 bits per heavy atom. The molecule has 0 fully saturated rings. The first-order valence-electron chi connectivity index (χ1n) is 6.85. The Hall–Kier alpha value is -1.94. The lowest BCUT2D eigenvalue weighted by Crippen LogP contribution is -1.99. The minimum absolute atomic E-state index is 0.240. The van der Waals surface area contributed by atoms with Crippen LogP contribution in [0.4, 0.5) is 0 Å². The van der Waals surface area contributed by atoms with E-state index in [4.69, 9.17) is 9.47 Å². The van der Waals surface area contributed by atoms with E-state index in [0.29, 0.717) is 13.2 Å². The summed E-state index contributed by atoms with van der Waals surface area (Å²) < 4.78 is 9.60. The van der Waals surface area contributed by atoms with Crippen molar-refractivity contribution in [1.82, 2.24) is 0 Å². The molecule has 0 aromatic carbocycles. The molecule has 4 nitrogen and oxygen atoms in total. The number of rotatable bonds is 8. The van der Waals surface area contributed by atoms with Gasteiger partial charge in [-0.15, -0.1) is 0 Å². The van der Waals surface area contributed by atoms with Crippen LogP contribution < -0.4 is 0 Å². The molecule has 0 aliphatic heterocycles. The maximum atomic E-state index is 10.5. The van der Waals surface area contributed by atoms with Gasteiger partial charge in [0.05, 0.1) is 13.2 Å². The number of carbonyl (C=O) groups excluding carboxylic acids is 2. The second-order valence-corrected chi connectivity index (χ2v) is 4.20. The van der Waals surface area contributed by atoms with Crippen LogP contribution in [0.1, 0.15) is 52.4 Å². The summed E-state index contributed by atoms with van der Waals surface area (Å²) in [4.78, 5) is 21.0. The molecule has 20 heavy (non-hydrogen) atoms. The molecule has 0 saturated heterocycles. The molecule has 110 valence electrons. The average Bonchev–Trinajstić information content (AvgIpc) is 2.38. The Labute approximate surface area is 121 Å². The fourth-order valence-electron chi connectivity index (χ4n) is 1.28. The Kier molecular flexibility index (Phi) is 12.2. The first kappa shape index (κ1) is 18.1. The highest BCUT2D eigenvalue weighted by molar-refractivity contribution is 5.66. The van der Waals surface area contributed by atoms with Crippen LogP contribution >= 0.6 is 0 Å². The van der Waals surface area contributed by atoms with Crippen molar-refractivity contribution in [1.29, 1.82) is 0 Å². The molecule has 0 aliphatic rings. The van der Waals surface area contributed by atoms with Crippen LogP contribution in [-0.4, -0.2) is 25.2 Å². The number of esters is 2. The van der Waals surface area contributed by atoms with Gasteiger partial charge in [0.15, 0.2) is 0 Å². The van der Waals surface area contributed by atoms with Crippen molar-refractivity contribution in [3.8, 4) is 23.7 Å². The van der Waals surface area contributed by atoms with Crippen LogP contribution in [0.3, 0.4) is 0 Å². The van der Waals surface area contributed by atoms with Crippen molar-refractivity contribution in [2.75, 3.05) is 13.2 Å². The molecule has 0 radical (unpaired) electrons. The number of unbranched alkanes of at least 4 members (excludes halogenated alkanes) is 4. The predicted octanol–water partition coefficient (Wildman–Crippen LogP) is 2.46. The molecular formula is C16H22O4. The summed E-state index contributed by atoms with van der Waals surface area (Å²) >= 11 is 0. The predicted molar refractivity (Wildman–Crippen MR) is 76.5 cm³/mol. The third kappa shape index (κ3) is 16.1. The van der Waals surface area contributed by atoms with Gasteiger partial charge in [-0.25, -0.2) is 0 Å². The van der Waals surface area contributed by atoms with Gasteiger partial charge in [-0.1, -0.05) is 11.8 Å². The zero-order valence-corrected chi connectivity index (χ0v) is 12.3. The zero-order chi connectivity index (χ0) is 15.1. The second kappa shape index (κ2) is 13.5. The van der Waals surface area contributed by atoms with Crippen LogP contribution in [0.5, 0.6) is 0 Å². The minimum atomic E-state index is -0.240. The van der Waals surface area contributed by atoms with E-state index in [1.54, 1.807) is 0 Å². The number of hydrogen-bond donors (Lipinski definition) is 0. The lowest BCUT2D eigenvalue weighted by molar-refractivity contribution is -0.142. The van der Waals surface area contributed by atoms with Gasteiger partial charge in [-0.05, 0) is 37.5 Å².